The first-order valence-corrected chi connectivity index (χ1v) is 9.29. The van der Waals surface area contributed by atoms with Crippen LogP contribution in [0.3, 0.4) is 0 Å². The van der Waals surface area contributed by atoms with Gasteiger partial charge in [0.2, 0.25) is 0 Å². The van der Waals surface area contributed by atoms with Crippen molar-refractivity contribution in [2.75, 3.05) is 12.4 Å². The minimum absolute atomic E-state index is 0.0128. The van der Waals surface area contributed by atoms with Crippen LogP contribution in [0.5, 0.6) is 5.75 Å². The number of fused-ring (bicyclic) bond motifs is 1. The number of ether oxygens (including phenoxy) is 1. The molecule has 0 radical (unpaired) electrons. The number of hydrogen-bond acceptors (Lipinski definition) is 4. The number of hydrogen-bond donors (Lipinski definition) is 1. The average Bonchev–Trinajstić information content (AvgIpc) is 2.96. The lowest BCUT2D eigenvalue weighted by Gasteiger charge is -2.27. The molecule has 0 fully saturated rings. The number of carbonyl (C=O) groups is 1. The van der Waals surface area contributed by atoms with Crippen molar-refractivity contribution in [2.45, 2.75) is 26.6 Å². The van der Waals surface area contributed by atoms with Crippen LogP contribution < -0.4 is 10.1 Å². The smallest absolute Gasteiger partial charge is 0.258 e. The Morgan fingerprint density at radius 3 is 2.61 bits per heavy atom. The van der Waals surface area contributed by atoms with E-state index in [1.165, 1.54) is 5.56 Å². The van der Waals surface area contributed by atoms with E-state index in [0.717, 1.165) is 28.3 Å². The molecule has 3 aromatic rings. The Labute approximate surface area is 165 Å². The van der Waals surface area contributed by atoms with E-state index < -0.39 is 0 Å². The SMILES string of the molecule is COc1ccc(CN2C(=O)c3cccnc3[C@@H]2Nc2ccc(C)cc2C)cc1. The lowest BCUT2D eigenvalue weighted by atomic mass is 10.1. The predicted octanol–water partition coefficient (Wildman–Crippen LogP) is 4.47. The second-order valence-corrected chi connectivity index (χ2v) is 7.08. The molecule has 0 aliphatic carbocycles. The van der Waals surface area contributed by atoms with Gasteiger partial charge in [-0.25, -0.2) is 0 Å². The van der Waals surface area contributed by atoms with Gasteiger partial charge in [0.25, 0.3) is 5.91 Å². The predicted molar refractivity (Wildman–Crippen MR) is 109 cm³/mol. The zero-order valence-electron chi connectivity index (χ0n) is 16.3. The van der Waals surface area contributed by atoms with Gasteiger partial charge in [0.15, 0.2) is 0 Å². The lowest BCUT2D eigenvalue weighted by Crippen LogP contribution is -2.32. The molecule has 2 aromatic carbocycles. The van der Waals surface area contributed by atoms with E-state index in [-0.39, 0.29) is 12.1 Å². The fourth-order valence-corrected chi connectivity index (χ4v) is 3.60. The van der Waals surface area contributed by atoms with E-state index in [1.807, 2.05) is 41.3 Å². The first kappa shape index (κ1) is 18.0. The summed E-state index contributed by atoms with van der Waals surface area (Å²) in [5.41, 5.74) is 5.80. The Hall–Kier alpha value is -3.34. The summed E-state index contributed by atoms with van der Waals surface area (Å²) in [6.45, 7) is 4.63. The fraction of sp³-hybridized carbons (Fsp3) is 0.217. The Kier molecular flexibility index (Phi) is 4.74. The Bertz CT molecular complexity index is 1010. The van der Waals surface area contributed by atoms with Gasteiger partial charge in [-0.15, -0.1) is 0 Å². The van der Waals surface area contributed by atoms with Gasteiger partial charge in [0, 0.05) is 18.4 Å². The first-order valence-electron chi connectivity index (χ1n) is 9.29. The third kappa shape index (κ3) is 3.31. The summed E-state index contributed by atoms with van der Waals surface area (Å²) in [5.74, 6) is 0.785. The molecular formula is C23H23N3O2. The van der Waals surface area contributed by atoms with Crippen molar-refractivity contribution in [2.24, 2.45) is 0 Å². The average molecular weight is 373 g/mol. The maximum Gasteiger partial charge on any atom is 0.258 e. The first-order chi connectivity index (χ1) is 13.6. The van der Waals surface area contributed by atoms with Crippen LogP contribution in [0, 0.1) is 13.8 Å². The van der Waals surface area contributed by atoms with Crippen molar-refractivity contribution < 1.29 is 9.53 Å². The minimum atomic E-state index is -0.313. The van der Waals surface area contributed by atoms with Crippen molar-refractivity contribution in [1.29, 1.82) is 0 Å². The maximum absolute atomic E-state index is 13.1. The van der Waals surface area contributed by atoms with Crippen LogP contribution >= 0.6 is 0 Å². The number of aryl methyl sites for hydroxylation is 2. The van der Waals surface area contributed by atoms with E-state index in [4.69, 9.17) is 4.74 Å². The molecule has 1 N–H and O–H groups in total. The normalized spacial score (nSPS) is 15.5. The Morgan fingerprint density at radius 2 is 1.89 bits per heavy atom. The van der Waals surface area contributed by atoms with Crippen LogP contribution in [-0.2, 0) is 6.54 Å². The molecule has 0 saturated carbocycles. The van der Waals surface area contributed by atoms with Gasteiger partial charge in [-0.05, 0) is 55.3 Å². The quantitative estimate of drug-likeness (QED) is 0.717. The summed E-state index contributed by atoms with van der Waals surface area (Å²) in [6, 6.07) is 17.7. The molecule has 4 rings (SSSR count). The Morgan fingerprint density at radius 1 is 1.11 bits per heavy atom. The van der Waals surface area contributed by atoms with E-state index in [9.17, 15) is 4.79 Å². The minimum Gasteiger partial charge on any atom is -0.497 e. The van der Waals surface area contributed by atoms with Crippen LogP contribution in [0.4, 0.5) is 5.69 Å². The lowest BCUT2D eigenvalue weighted by molar-refractivity contribution is 0.0727. The maximum atomic E-state index is 13.1. The standard InChI is InChI=1S/C23H23N3O2/c1-15-6-11-20(16(2)13-15)25-22-21-19(5-4-12-24-21)23(27)26(22)14-17-7-9-18(28-3)10-8-17/h4-13,22,25H,14H2,1-3H3/t22-/m1/s1. The highest BCUT2D eigenvalue weighted by molar-refractivity contribution is 5.98. The number of nitrogens with one attached hydrogen (secondary N) is 1. The van der Waals surface area contributed by atoms with E-state index in [1.54, 1.807) is 13.3 Å². The van der Waals surface area contributed by atoms with Gasteiger partial charge < -0.3 is 15.0 Å². The zero-order valence-corrected chi connectivity index (χ0v) is 16.3. The third-order valence-electron chi connectivity index (χ3n) is 5.09. The number of pyridine rings is 1. The molecule has 142 valence electrons. The molecule has 28 heavy (non-hydrogen) atoms. The van der Waals surface area contributed by atoms with E-state index in [2.05, 4.69) is 42.3 Å². The number of anilines is 1. The van der Waals surface area contributed by atoms with Gasteiger partial charge in [-0.3, -0.25) is 9.78 Å². The van der Waals surface area contributed by atoms with E-state index >= 15 is 0 Å². The van der Waals surface area contributed by atoms with Crippen molar-refractivity contribution in [3.8, 4) is 5.75 Å². The van der Waals surface area contributed by atoms with Crippen LogP contribution in [0.2, 0.25) is 0 Å². The van der Waals surface area contributed by atoms with Crippen molar-refractivity contribution in [1.82, 2.24) is 9.88 Å². The summed E-state index contributed by atoms with van der Waals surface area (Å²) >= 11 is 0. The van der Waals surface area contributed by atoms with Gasteiger partial charge in [-0.2, -0.15) is 0 Å². The molecule has 1 atom stereocenters. The summed E-state index contributed by atoms with van der Waals surface area (Å²) in [4.78, 5) is 19.4. The fourth-order valence-electron chi connectivity index (χ4n) is 3.60. The monoisotopic (exact) mass is 373 g/mol. The highest BCUT2D eigenvalue weighted by Crippen LogP contribution is 2.35. The number of amides is 1. The van der Waals surface area contributed by atoms with Crippen molar-refractivity contribution in [3.63, 3.8) is 0 Å². The highest BCUT2D eigenvalue weighted by atomic mass is 16.5. The van der Waals surface area contributed by atoms with Gasteiger partial charge in [0.1, 0.15) is 11.9 Å². The molecule has 1 aliphatic rings. The number of nitrogens with zero attached hydrogens (tertiary/aromatic N) is 2. The third-order valence-corrected chi connectivity index (χ3v) is 5.09. The number of methoxy groups -OCH3 is 1. The van der Waals surface area contributed by atoms with E-state index in [0.29, 0.717) is 12.1 Å². The molecule has 1 aliphatic heterocycles. The zero-order chi connectivity index (χ0) is 19.7. The van der Waals surface area contributed by atoms with Gasteiger partial charge in [0.05, 0.1) is 18.4 Å². The van der Waals surface area contributed by atoms with Crippen LogP contribution in [-0.4, -0.2) is 22.9 Å². The summed E-state index contributed by atoms with van der Waals surface area (Å²) in [7, 11) is 1.64. The Balaban J connectivity index is 1.67. The van der Waals surface area contributed by atoms with Crippen LogP contribution in [0.15, 0.2) is 60.8 Å². The second kappa shape index (κ2) is 7.35. The molecule has 5 nitrogen and oxygen atoms in total. The van der Waals surface area contributed by atoms with Gasteiger partial charge >= 0.3 is 0 Å². The molecular weight excluding hydrogens is 350 g/mol. The molecule has 5 heteroatoms. The van der Waals surface area contributed by atoms with Crippen LogP contribution in [0.25, 0.3) is 0 Å². The summed E-state index contributed by atoms with van der Waals surface area (Å²) in [5, 5.41) is 3.53. The van der Waals surface area contributed by atoms with Gasteiger partial charge in [-0.1, -0.05) is 29.8 Å². The number of aromatic nitrogens is 1. The number of rotatable bonds is 5. The molecule has 1 amide bonds. The topological polar surface area (TPSA) is 54.5 Å². The molecule has 0 bridgehead atoms. The number of benzene rings is 2. The number of carbonyl (C=O) groups excluding carboxylic acids is 1. The molecule has 0 saturated heterocycles. The summed E-state index contributed by atoms with van der Waals surface area (Å²) < 4.78 is 5.23. The second-order valence-electron chi connectivity index (χ2n) is 7.08. The highest BCUT2D eigenvalue weighted by Gasteiger charge is 2.38. The molecule has 1 aromatic heterocycles. The molecule has 2 heterocycles. The molecule has 0 unspecified atom stereocenters. The molecule has 0 spiro atoms. The van der Waals surface area contributed by atoms with Crippen LogP contribution in [0.1, 0.15) is 38.9 Å². The van der Waals surface area contributed by atoms with Crippen molar-refractivity contribution in [3.05, 3.63) is 88.7 Å². The largest absolute Gasteiger partial charge is 0.497 e. The van der Waals surface area contributed by atoms with Crippen molar-refractivity contribution >= 4 is 11.6 Å². The summed E-state index contributed by atoms with van der Waals surface area (Å²) in [6.07, 6.45) is 1.42.